The molecule has 0 bridgehead atoms. The van der Waals surface area contributed by atoms with Gasteiger partial charge in [-0.05, 0) is 37.6 Å². The first-order valence-electron chi connectivity index (χ1n) is 7.49. The topological polar surface area (TPSA) is 114 Å². The maximum Gasteiger partial charge on any atom is 0.295 e. The van der Waals surface area contributed by atoms with E-state index in [1.54, 1.807) is 37.3 Å². The molecule has 132 valence electrons. The zero-order chi connectivity index (χ0) is 18.4. The summed E-state index contributed by atoms with van der Waals surface area (Å²) in [6.45, 7) is 3.68. The van der Waals surface area contributed by atoms with E-state index in [1.165, 1.54) is 12.1 Å². The molecule has 2 N–H and O–H groups in total. The van der Waals surface area contributed by atoms with Gasteiger partial charge in [0.15, 0.2) is 0 Å². The molecule has 0 radical (unpaired) electrons. The van der Waals surface area contributed by atoms with Crippen LogP contribution in [0.3, 0.4) is 0 Å². The molecule has 0 fully saturated rings. The minimum Gasteiger partial charge on any atom is -0.280 e. The highest BCUT2D eigenvalue weighted by Gasteiger charge is 2.21. The molecule has 9 heteroatoms. The molecular formula is C16H18N4O4S. The average Bonchev–Trinajstić information content (AvgIpc) is 2.59. The maximum absolute atomic E-state index is 12.4. The van der Waals surface area contributed by atoms with Crippen LogP contribution in [0.15, 0.2) is 58.5 Å². The van der Waals surface area contributed by atoms with Crippen molar-refractivity contribution >= 4 is 32.8 Å². The molecule has 2 aromatic carbocycles. The number of nitrogens with zero attached hydrogens (tertiary/aromatic N) is 2. The first-order valence-corrected chi connectivity index (χ1v) is 8.97. The predicted octanol–water partition coefficient (Wildman–Crippen LogP) is 3.59. The van der Waals surface area contributed by atoms with Gasteiger partial charge in [0.1, 0.15) is 5.69 Å². The number of anilines is 2. The smallest absolute Gasteiger partial charge is 0.280 e. The van der Waals surface area contributed by atoms with E-state index in [-0.39, 0.29) is 16.3 Å². The number of hydrogen-bond acceptors (Lipinski definition) is 6. The van der Waals surface area contributed by atoms with Crippen molar-refractivity contribution in [2.45, 2.75) is 25.2 Å². The Balaban J connectivity index is 2.36. The van der Waals surface area contributed by atoms with Crippen molar-refractivity contribution in [1.82, 2.24) is 0 Å². The lowest BCUT2D eigenvalue weighted by Gasteiger charge is -2.09. The van der Waals surface area contributed by atoms with Crippen LogP contribution in [0.2, 0.25) is 0 Å². The van der Waals surface area contributed by atoms with Gasteiger partial charge in [-0.2, -0.15) is 5.10 Å². The van der Waals surface area contributed by atoms with Crippen LogP contribution in [0.5, 0.6) is 0 Å². The second-order valence-corrected chi connectivity index (χ2v) is 6.90. The second-order valence-electron chi connectivity index (χ2n) is 5.22. The lowest BCUT2D eigenvalue weighted by atomic mass is 10.3. The molecule has 0 unspecified atom stereocenters. The molecule has 25 heavy (non-hydrogen) atoms. The molecule has 0 aliphatic rings. The Morgan fingerprint density at radius 3 is 2.48 bits per heavy atom. The van der Waals surface area contributed by atoms with Crippen molar-refractivity contribution in [3.63, 3.8) is 0 Å². The van der Waals surface area contributed by atoms with Crippen molar-refractivity contribution in [2.24, 2.45) is 5.10 Å². The van der Waals surface area contributed by atoms with Crippen molar-refractivity contribution < 1.29 is 13.3 Å². The van der Waals surface area contributed by atoms with E-state index in [4.69, 9.17) is 0 Å². The van der Waals surface area contributed by atoms with Crippen LogP contribution in [0.1, 0.15) is 20.3 Å². The maximum atomic E-state index is 12.4. The monoisotopic (exact) mass is 362 g/mol. The van der Waals surface area contributed by atoms with Gasteiger partial charge in [0.2, 0.25) is 0 Å². The predicted molar refractivity (Wildman–Crippen MR) is 97.4 cm³/mol. The Bertz CT molecular complexity index is 896. The number of nitrogens with one attached hydrogen (secondary N) is 2. The number of hydrogen-bond donors (Lipinski definition) is 2. The zero-order valence-corrected chi connectivity index (χ0v) is 14.6. The third-order valence-electron chi connectivity index (χ3n) is 3.38. The van der Waals surface area contributed by atoms with E-state index in [0.717, 1.165) is 11.8 Å². The summed E-state index contributed by atoms with van der Waals surface area (Å²) in [5.74, 6) is 0. The highest BCUT2D eigenvalue weighted by atomic mass is 32.2. The standard InChI is InChI=1S/C16H18N4O4S/c1-3-12(2)17-18-15-10-9-14(11-16(15)20(21)22)25(23,24)19-13-7-5-4-6-8-13/h4-11,18-19H,3H2,1-2H3. The molecule has 2 aromatic rings. The number of nitro benzene ring substituents is 1. The van der Waals surface area contributed by atoms with Gasteiger partial charge in [-0.15, -0.1) is 0 Å². The van der Waals surface area contributed by atoms with Gasteiger partial charge in [0.25, 0.3) is 15.7 Å². The second kappa shape index (κ2) is 7.75. The van der Waals surface area contributed by atoms with E-state index in [2.05, 4.69) is 15.2 Å². The fraction of sp³-hybridized carbons (Fsp3) is 0.188. The minimum atomic E-state index is -3.94. The van der Waals surface area contributed by atoms with Crippen LogP contribution in [0.25, 0.3) is 0 Å². The summed E-state index contributed by atoms with van der Waals surface area (Å²) in [7, 11) is -3.94. The first-order chi connectivity index (χ1) is 11.8. The third kappa shape index (κ3) is 4.77. The van der Waals surface area contributed by atoms with E-state index >= 15 is 0 Å². The lowest BCUT2D eigenvalue weighted by molar-refractivity contribution is -0.384. The normalized spacial score (nSPS) is 11.8. The number of benzene rings is 2. The molecule has 0 atom stereocenters. The summed E-state index contributed by atoms with van der Waals surface area (Å²) in [5.41, 5.74) is 3.49. The van der Waals surface area contributed by atoms with Crippen molar-refractivity contribution in [3.8, 4) is 0 Å². The molecule has 8 nitrogen and oxygen atoms in total. The lowest BCUT2D eigenvalue weighted by Crippen LogP contribution is -2.13. The van der Waals surface area contributed by atoms with Gasteiger partial charge >= 0.3 is 0 Å². The first kappa shape index (κ1) is 18.4. The molecule has 0 aliphatic carbocycles. The number of rotatable bonds is 7. The molecule has 0 heterocycles. The van der Waals surface area contributed by atoms with E-state index in [9.17, 15) is 18.5 Å². The van der Waals surface area contributed by atoms with Gasteiger partial charge in [-0.3, -0.25) is 20.3 Å². The summed E-state index contributed by atoms with van der Waals surface area (Å²) in [4.78, 5) is 10.4. The Morgan fingerprint density at radius 2 is 1.88 bits per heavy atom. The molecule has 0 saturated carbocycles. The van der Waals surface area contributed by atoms with Crippen molar-refractivity contribution in [1.29, 1.82) is 0 Å². The molecular weight excluding hydrogens is 344 g/mol. The summed E-state index contributed by atoms with van der Waals surface area (Å²) < 4.78 is 27.2. The van der Waals surface area contributed by atoms with E-state index in [0.29, 0.717) is 12.1 Å². The van der Waals surface area contributed by atoms with Crippen molar-refractivity contribution in [2.75, 3.05) is 10.1 Å². The van der Waals surface area contributed by atoms with Gasteiger partial charge in [-0.25, -0.2) is 8.42 Å². The summed E-state index contributed by atoms with van der Waals surface area (Å²) >= 11 is 0. The fourth-order valence-corrected chi connectivity index (χ4v) is 2.96. The minimum absolute atomic E-state index is 0.122. The van der Waals surface area contributed by atoms with Gasteiger partial charge < -0.3 is 0 Å². The molecule has 0 spiro atoms. The Kier molecular flexibility index (Phi) is 5.71. The highest BCUT2D eigenvalue weighted by Crippen LogP contribution is 2.28. The van der Waals surface area contributed by atoms with Gasteiger partial charge in [-0.1, -0.05) is 25.1 Å². The molecule has 2 rings (SSSR count). The fourth-order valence-electron chi connectivity index (χ4n) is 1.88. The van der Waals surface area contributed by atoms with Crippen LogP contribution in [-0.2, 0) is 10.0 Å². The quantitative estimate of drug-likeness (QED) is 0.444. The van der Waals surface area contributed by atoms with Crippen LogP contribution < -0.4 is 10.1 Å². The molecule has 0 amide bonds. The van der Waals surface area contributed by atoms with Crippen LogP contribution in [0.4, 0.5) is 17.1 Å². The number of para-hydroxylation sites is 1. The Labute approximate surface area is 145 Å². The molecule has 0 saturated heterocycles. The molecule has 0 aromatic heterocycles. The largest absolute Gasteiger partial charge is 0.295 e. The number of hydrazone groups is 1. The van der Waals surface area contributed by atoms with E-state index in [1.807, 2.05) is 6.92 Å². The summed E-state index contributed by atoms with van der Waals surface area (Å²) in [5, 5.41) is 15.3. The van der Waals surface area contributed by atoms with Gasteiger partial charge in [0, 0.05) is 17.5 Å². The average molecular weight is 362 g/mol. The van der Waals surface area contributed by atoms with Gasteiger partial charge in [0.05, 0.1) is 9.82 Å². The SMILES string of the molecule is CCC(C)=NNc1ccc(S(=O)(=O)Nc2ccccc2)cc1[N+](=O)[O-]. The zero-order valence-electron chi connectivity index (χ0n) is 13.8. The molecule has 0 aliphatic heterocycles. The third-order valence-corrected chi connectivity index (χ3v) is 4.76. The number of sulfonamides is 1. The van der Waals surface area contributed by atoms with E-state index < -0.39 is 14.9 Å². The highest BCUT2D eigenvalue weighted by molar-refractivity contribution is 7.92. The summed E-state index contributed by atoms with van der Waals surface area (Å²) in [6.07, 6.45) is 0.689. The van der Waals surface area contributed by atoms with Crippen LogP contribution >= 0.6 is 0 Å². The van der Waals surface area contributed by atoms with Crippen LogP contribution in [-0.4, -0.2) is 19.1 Å². The summed E-state index contributed by atoms with van der Waals surface area (Å²) in [6, 6.07) is 11.9. The van der Waals surface area contributed by atoms with Crippen molar-refractivity contribution in [3.05, 3.63) is 58.6 Å². The Morgan fingerprint density at radius 1 is 1.20 bits per heavy atom. The Hall–Kier alpha value is -2.94. The number of nitro groups is 1. The van der Waals surface area contributed by atoms with Crippen LogP contribution in [0, 0.1) is 10.1 Å².